The third-order valence-electron chi connectivity index (χ3n) is 3.27. The Hall–Kier alpha value is -2.87. The molecular weight excluding hydrogens is 312 g/mol. The van der Waals surface area contributed by atoms with Crippen molar-refractivity contribution in [3.63, 3.8) is 0 Å². The Balaban J connectivity index is 2.14. The minimum absolute atomic E-state index is 0.186. The lowest BCUT2D eigenvalue weighted by atomic mass is 10.2. The zero-order chi connectivity index (χ0) is 17.5. The van der Waals surface area contributed by atoms with Gasteiger partial charge in [-0.25, -0.2) is 9.48 Å². The third-order valence-corrected chi connectivity index (χ3v) is 3.27. The molecule has 0 spiro atoms. The molecule has 0 aliphatic rings. The molecule has 8 nitrogen and oxygen atoms in total. The highest BCUT2D eigenvalue weighted by Gasteiger charge is 2.17. The van der Waals surface area contributed by atoms with Gasteiger partial charge < -0.3 is 20.5 Å². The number of hydrogen-bond donors (Lipinski definition) is 2. The van der Waals surface area contributed by atoms with Crippen LogP contribution < -0.4 is 11.1 Å². The Labute approximate surface area is 139 Å². The molecule has 0 atom stereocenters. The Kier molecular flexibility index (Phi) is 5.91. The summed E-state index contributed by atoms with van der Waals surface area (Å²) in [6.07, 6.45) is 1.36. The lowest BCUT2D eigenvalue weighted by molar-refractivity contribution is 0.0527. The zero-order valence-corrected chi connectivity index (χ0v) is 13.6. The van der Waals surface area contributed by atoms with Gasteiger partial charge in [-0.05, 0) is 31.2 Å². The monoisotopic (exact) mass is 332 g/mol. The normalized spacial score (nSPS) is 10.4. The summed E-state index contributed by atoms with van der Waals surface area (Å²) in [7, 11) is 1.57. The summed E-state index contributed by atoms with van der Waals surface area (Å²) in [5.74, 6) is -0.527. The molecule has 0 fully saturated rings. The van der Waals surface area contributed by atoms with Crippen LogP contribution in [0.25, 0.3) is 5.69 Å². The molecule has 1 aromatic carbocycles. The average molecular weight is 332 g/mol. The summed E-state index contributed by atoms with van der Waals surface area (Å²) >= 11 is 0. The Bertz CT molecular complexity index is 709. The first-order chi connectivity index (χ1) is 11.6. The van der Waals surface area contributed by atoms with E-state index in [-0.39, 0.29) is 23.9 Å². The predicted octanol–water partition coefficient (Wildman–Crippen LogP) is 1.01. The number of methoxy groups -OCH3 is 1. The molecule has 2 aromatic rings. The standard InChI is InChI=1S/C16H20N4O4/c1-3-24-16(22)13-10-19-20(14(13)17)12-6-4-11(5-7-12)15(21)18-8-9-23-2/h4-7,10H,3,8-9,17H2,1-2H3,(H,18,21). The van der Waals surface area contributed by atoms with Crippen LogP contribution in [0.2, 0.25) is 0 Å². The van der Waals surface area contributed by atoms with Gasteiger partial charge in [0.25, 0.3) is 5.91 Å². The van der Waals surface area contributed by atoms with Crippen molar-refractivity contribution in [1.29, 1.82) is 0 Å². The Morgan fingerprint density at radius 2 is 2.00 bits per heavy atom. The molecule has 1 heterocycles. The van der Waals surface area contributed by atoms with Crippen LogP contribution in [-0.4, -0.2) is 48.5 Å². The van der Waals surface area contributed by atoms with E-state index in [0.717, 1.165) is 0 Å². The number of esters is 1. The molecule has 1 aromatic heterocycles. The van der Waals surface area contributed by atoms with Crippen molar-refractivity contribution in [2.45, 2.75) is 6.92 Å². The summed E-state index contributed by atoms with van der Waals surface area (Å²) in [5.41, 5.74) is 7.30. The molecule has 0 radical (unpaired) electrons. The maximum atomic E-state index is 11.9. The molecule has 0 aliphatic carbocycles. The Morgan fingerprint density at radius 3 is 2.62 bits per heavy atom. The van der Waals surface area contributed by atoms with E-state index < -0.39 is 5.97 Å². The highest BCUT2D eigenvalue weighted by Crippen LogP contribution is 2.18. The topological polar surface area (TPSA) is 108 Å². The number of ether oxygens (including phenoxy) is 2. The van der Waals surface area contributed by atoms with E-state index in [9.17, 15) is 9.59 Å². The van der Waals surface area contributed by atoms with Crippen molar-refractivity contribution in [2.75, 3.05) is 32.6 Å². The van der Waals surface area contributed by atoms with Crippen LogP contribution in [0.4, 0.5) is 5.82 Å². The molecule has 24 heavy (non-hydrogen) atoms. The van der Waals surface area contributed by atoms with Crippen LogP contribution >= 0.6 is 0 Å². The lowest BCUT2D eigenvalue weighted by Gasteiger charge is -2.07. The predicted molar refractivity (Wildman–Crippen MR) is 88.1 cm³/mol. The van der Waals surface area contributed by atoms with Crippen LogP contribution in [0.3, 0.4) is 0 Å². The fourth-order valence-electron chi connectivity index (χ4n) is 2.05. The third kappa shape index (κ3) is 3.90. The van der Waals surface area contributed by atoms with Crippen LogP contribution in [0, 0.1) is 0 Å². The summed E-state index contributed by atoms with van der Waals surface area (Å²) in [6.45, 7) is 2.86. The molecule has 0 saturated heterocycles. The first kappa shape index (κ1) is 17.5. The molecule has 2 rings (SSSR count). The number of nitrogens with zero attached hydrogens (tertiary/aromatic N) is 2. The van der Waals surface area contributed by atoms with Crippen LogP contribution in [0.1, 0.15) is 27.6 Å². The average Bonchev–Trinajstić information content (AvgIpc) is 2.97. The number of amides is 1. The molecule has 0 bridgehead atoms. The quantitative estimate of drug-likeness (QED) is 0.578. The SMILES string of the molecule is CCOC(=O)c1cnn(-c2ccc(C(=O)NCCOC)cc2)c1N. The van der Waals surface area contributed by atoms with Gasteiger partial charge >= 0.3 is 5.97 Å². The van der Waals surface area contributed by atoms with Gasteiger partial charge in [0, 0.05) is 19.2 Å². The molecule has 0 saturated carbocycles. The van der Waals surface area contributed by atoms with Crippen LogP contribution in [0.5, 0.6) is 0 Å². The lowest BCUT2D eigenvalue weighted by Crippen LogP contribution is -2.26. The van der Waals surface area contributed by atoms with Crippen molar-refractivity contribution in [3.05, 3.63) is 41.6 Å². The highest BCUT2D eigenvalue weighted by atomic mass is 16.5. The number of nitrogens with one attached hydrogen (secondary N) is 1. The van der Waals surface area contributed by atoms with Gasteiger partial charge in [-0.2, -0.15) is 5.10 Å². The van der Waals surface area contributed by atoms with Crippen LogP contribution in [-0.2, 0) is 9.47 Å². The van der Waals surface area contributed by atoms with Crippen molar-refractivity contribution in [3.8, 4) is 5.69 Å². The van der Waals surface area contributed by atoms with E-state index >= 15 is 0 Å². The molecule has 8 heteroatoms. The molecule has 3 N–H and O–H groups in total. The smallest absolute Gasteiger partial charge is 0.343 e. The molecule has 0 unspecified atom stereocenters. The maximum Gasteiger partial charge on any atom is 0.343 e. The number of carbonyl (C=O) groups is 2. The van der Waals surface area contributed by atoms with Crippen molar-refractivity contribution >= 4 is 17.7 Å². The van der Waals surface area contributed by atoms with Gasteiger partial charge in [-0.1, -0.05) is 0 Å². The summed E-state index contributed by atoms with van der Waals surface area (Å²) in [4.78, 5) is 23.7. The first-order valence-corrected chi connectivity index (χ1v) is 7.46. The molecule has 0 aliphatic heterocycles. The fraction of sp³-hybridized carbons (Fsp3) is 0.312. The number of anilines is 1. The van der Waals surface area contributed by atoms with E-state index in [4.69, 9.17) is 15.2 Å². The van der Waals surface area contributed by atoms with Crippen LogP contribution in [0.15, 0.2) is 30.5 Å². The van der Waals surface area contributed by atoms with Gasteiger partial charge in [-0.3, -0.25) is 4.79 Å². The second-order valence-electron chi connectivity index (χ2n) is 4.87. The van der Waals surface area contributed by atoms with E-state index in [2.05, 4.69) is 10.4 Å². The number of hydrogen-bond acceptors (Lipinski definition) is 6. The van der Waals surface area contributed by atoms with E-state index in [1.165, 1.54) is 10.9 Å². The largest absolute Gasteiger partial charge is 0.462 e. The van der Waals surface area contributed by atoms with E-state index in [1.807, 2.05) is 0 Å². The van der Waals surface area contributed by atoms with Gasteiger partial charge in [0.1, 0.15) is 11.4 Å². The molecular formula is C16H20N4O4. The number of benzene rings is 1. The number of nitrogen functional groups attached to an aromatic ring is 1. The minimum atomic E-state index is -0.518. The molecule has 1 amide bonds. The second-order valence-corrected chi connectivity index (χ2v) is 4.87. The van der Waals surface area contributed by atoms with E-state index in [1.54, 1.807) is 38.3 Å². The Morgan fingerprint density at radius 1 is 1.29 bits per heavy atom. The van der Waals surface area contributed by atoms with Gasteiger partial charge in [-0.15, -0.1) is 0 Å². The van der Waals surface area contributed by atoms with E-state index in [0.29, 0.717) is 24.4 Å². The second kappa shape index (κ2) is 8.11. The maximum absolute atomic E-state index is 11.9. The van der Waals surface area contributed by atoms with Crippen molar-refractivity contribution < 1.29 is 19.1 Å². The summed E-state index contributed by atoms with van der Waals surface area (Å²) < 4.78 is 11.2. The number of rotatable bonds is 7. The van der Waals surface area contributed by atoms with Crippen molar-refractivity contribution in [2.24, 2.45) is 0 Å². The van der Waals surface area contributed by atoms with Crippen molar-refractivity contribution in [1.82, 2.24) is 15.1 Å². The molecule has 128 valence electrons. The zero-order valence-electron chi connectivity index (χ0n) is 13.6. The number of carbonyl (C=O) groups excluding carboxylic acids is 2. The summed E-state index contributed by atoms with van der Waals surface area (Å²) in [6, 6.07) is 6.71. The minimum Gasteiger partial charge on any atom is -0.462 e. The highest BCUT2D eigenvalue weighted by molar-refractivity contribution is 5.95. The number of aromatic nitrogens is 2. The first-order valence-electron chi connectivity index (χ1n) is 7.46. The fourth-order valence-corrected chi connectivity index (χ4v) is 2.05. The van der Waals surface area contributed by atoms with Gasteiger partial charge in [0.15, 0.2) is 0 Å². The van der Waals surface area contributed by atoms with Gasteiger partial charge in [0.2, 0.25) is 0 Å². The number of nitrogens with two attached hydrogens (primary N) is 1. The van der Waals surface area contributed by atoms with Gasteiger partial charge in [0.05, 0.1) is 25.1 Å². The summed E-state index contributed by atoms with van der Waals surface area (Å²) in [5, 5.41) is 6.83.